The molecule has 0 aromatic carbocycles. The molecule has 1 aliphatic heterocycles. The maximum Gasteiger partial charge on any atom is 0.191 e. The van der Waals surface area contributed by atoms with Crippen molar-refractivity contribution in [3.8, 4) is 0 Å². The Morgan fingerprint density at radius 2 is 2.11 bits per heavy atom. The number of methoxy groups -OCH3 is 1. The summed E-state index contributed by atoms with van der Waals surface area (Å²) in [6.07, 6.45) is 2.93. The van der Waals surface area contributed by atoms with Crippen molar-refractivity contribution in [1.29, 1.82) is 0 Å². The Bertz CT molecular complexity index is 263. The summed E-state index contributed by atoms with van der Waals surface area (Å²) in [5.41, 5.74) is -0.120. The van der Waals surface area contributed by atoms with Gasteiger partial charge in [0.15, 0.2) is 5.96 Å². The molecule has 1 saturated heterocycles. The highest BCUT2D eigenvalue weighted by atomic mass is 16.5. The van der Waals surface area contributed by atoms with Crippen LogP contribution in [0.25, 0.3) is 0 Å². The van der Waals surface area contributed by atoms with Gasteiger partial charge in [-0.2, -0.15) is 0 Å². The Morgan fingerprint density at radius 1 is 1.44 bits per heavy atom. The highest BCUT2D eigenvalue weighted by Gasteiger charge is 2.32. The monoisotopic (exact) mass is 257 g/mol. The third-order valence-corrected chi connectivity index (χ3v) is 3.63. The summed E-state index contributed by atoms with van der Waals surface area (Å²) >= 11 is 0. The lowest BCUT2D eigenvalue weighted by atomic mass is 9.94. The number of guanidine groups is 1. The number of nitrogens with zero attached hydrogens (tertiary/aromatic N) is 1. The minimum atomic E-state index is -0.120. The van der Waals surface area contributed by atoms with Gasteiger partial charge >= 0.3 is 0 Å². The summed E-state index contributed by atoms with van der Waals surface area (Å²) in [5, 5.41) is 6.70. The van der Waals surface area contributed by atoms with Crippen molar-refractivity contribution >= 4 is 5.96 Å². The maximum absolute atomic E-state index is 5.68. The molecule has 0 aromatic heterocycles. The fourth-order valence-electron chi connectivity index (χ4n) is 1.97. The molecule has 1 unspecified atom stereocenters. The molecule has 0 amide bonds. The third-order valence-electron chi connectivity index (χ3n) is 3.63. The van der Waals surface area contributed by atoms with Crippen LogP contribution in [0.4, 0.5) is 0 Å². The lowest BCUT2D eigenvalue weighted by Crippen LogP contribution is -2.51. The van der Waals surface area contributed by atoms with Crippen LogP contribution in [-0.2, 0) is 9.47 Å². The van der Waals surface area contributed by atoms with Crippen molar-refractivity contribution in [2.75, 3.05) is 33.9 Å². The predicted octanol–water partition coefficient (Wildman–Crippen LogP) is 1.15. The molecule has 0 saturated carbocycles. The van der Waals surface area contributed by atoms with E-state index in [0.29, 0.717) is 6.04 Å². The molecule has 1 rings (SSSR count). The molecule has 0 aromatic rings. The van der Waals surface area contributed by atoms with Gasteiger partial charge in [0.05, 0.1) is 5.60 Å². The van der Waals surface area contributed by atoms with Gasteiger partial charge in [-0.1, -0.05) is 6.92 Å². The molecular formula is C13H27N3O2. The quantitative estimate of drug-likeness (QED) is 0.573. The summed E-state index contributed by atoms with van der Waals surface area (Å²) in [7, 11) is 3.57. The Morgan fingerprint density at radius 3 is 2.61 bits per heavy atom. The molecule has 0 aliphatic carbocycles. The van der Waals surface area contributed by atoms with Crippen molar-refractivity contribution in [3.05, 3.63) is 0 Å². The van der Waals surface area contributed by atoms with Crippen LogP contribution >= 0.6 is 0 Å². The molecule has 106 valence electrons. The van der Waals surface area contributed by atoms with Gasteiger partial charge in [0.2, 0.25) is 0 Å². The first-order valence-corrected chi connectivity index (χ1v) is 6.76. The fraction of sp³-hybridized carbons (Fsp3) is 0.923. The van der Waals surface area contributed by atoms with Gasteiger partial charge in [-0.25, -0.2) is 0 Å². The zero-order chi connectivity index (χ0) is 13.4. The maximum atomic E-state index is 5.68. The van der Waals surface area contributed by atoms with E-state index >= 15 is 0 Å². The highest BCUT2D eigenvalue weighted by molar-refractivity contribution is 5.79. The number of nitrogens with one attached hydrogen (secondary N) is 2. The Balaban J connectivity index is 2.45. The summed E-state index contributed by atoms with van der Waals surface area (Å²) in [6.45, 7) is 6.61. The fourth-order valence-corrected chi connectivity index (χ4v) is 1.97. The van der Waals surface area contributed by atoms with E-state index < -0.39 is 0 Å². The zero-order valence-corrected chi connectivity index (χ0v) is 12.1. The van der Waals surface area contributed by atoms with Gasteiger partial charge in [0, 0.05) is 52.8 Å². The summed E-state index contributed by atoms with van der Waals surface area (Å²) < 4.78 is 11.1. The average molecular weight is 257 g/mol. The summed E-state index contributed by atoms with van der Waals surface area (Å²) in [5.74, 6) is 0.840. The van der Waals surface area contributed by atoms with Gasteiger partial charge in [0.1, 0.15) is 0 Å². The molecule has 5 heteroatoms. The normalized spacial score (nSPS) is 21.4. The molecule has 1 fully saturated rings. The minimum absolute atomic E-state index is 0.120. The molecule has 1 aliphatic rings. The molecule has 0 bridgehead atoms. The SMILES string of the molecule is CCC(C)NC(=NC)NCC1(OC)CCOCC1. The highest BCUT2D eigenvalue weighted by Crippen LogP contribution is 2.23. The molecular weight excluding hydrogens is 230 g/mol. The van der Waals surface area contributed by atoms with Gasteiger partial charge in [-0.3, -0.25) is 4.99 Å². The number of aliphatic imine (C=N–C) groups is 1. The second-order valence-electron chi connectivity index (χ2n) is 4.88. The smallest absolute Gasteiger partial charge is 0.191 e. The van der Waals surface area contributed by atoms with Crippen molar-refractivity contribution in [3.63, 3.8) is 0 Å². The van der Waals surface area contributed by atoms with Crippen molar-refractivity contribution < 1.29 is 9.47 Å². The van der Waals surface area contributed by atoms with Crippen LogP contribution in [0.15, 0.2) is 4.99 Å². The van der Waals surface area contributed by atoms with Gasteiger partial charge in [0.25, 0.3) is 0 Å². The molecule has 5 nitrogen and oxygen atoms in total. The van der Waals surface area contributed by atoms with E-state index in [0.717, 1.165) is 45.0 Å². The molecule has 1 atom stereocenters. The van der Waals surface area contributed by atoms with E-state index in [-0.39, 0.29) is 5.60 Å². The van der Waals surface area contributed by atoms with E-state index in [1.165, 1.54) is 0 Å². The van der Waals surface area contributed by atoms with E-state index in [9.17, 15) is 0 Å². The number of hydrogen-bond acceptors (Lipinski definition) is 3. The zero-order valence-electron chi connectivity index (χ0n) is 12.1. The van der Waals surface area contributed by atoms with E-state index in [4.69, 9.17) is 9.47 Å². The van der Waals surface area contributed by atoms with Gasteiger partial charge < -0.3 is 20.1 Å². The average Bonchev–Trinajstić information content (AvgIpc) is 2.44. The topological polar surface area (TPSA) is 54.9 Å². The van der Waals surface area contributed by atoms with E-state index in [1.54, 1.807) is 14.2 Å². The summed E-state index contributed by atoms with van der Waals surface area (Å²) in [4.78, 5) is 4.23. The van der Waals surface area contributed by atoms with Crippen LogP contribution < -0.4 is 10.6 Å². The van der Waals surface area contributed by atoms with E-state index in [1.807, 2.05) is 0 Å². The van der Waals surface area contributed by atoms with Crippen LogP contribution in [0.1, 0.15) is 33.1 Å². The minimum Gasteiger partial charge on any atom is -0.381 e. The first-order valence-electron chi connectivity index (χ1n) is 6.76. The Kier molecular flexibility index (Phi) is 6.43. The lowest BCUT2D eigenvalue weighted by Gasteiger charge is -2.36. The van der Waals surface area contributed by atoms with Crippen LogP contribution in [-0.4, -0.2) is 51.5 Å². The molecule has 0 radical (unpaired) electrons. The lowest BCUT2D eigenvalue weighted by molar-refractivity contribution is -0.0855. The van der Waals surface area contributed by atoms with Crippen LogP contribution in [0.3, 0.4) is 0 Å². The second-order valence-corrected chi connectivity index (χ2v) is 4.88. The second kappa shape index (κ2) is 7.59. The van der Waals surface area contributed by atoms with Crippen LogP contribution in [0.2, 0.25) is 0 Å². The van der Waals surface area contributed by atoms with Gasteiger partial charge in [-0.15, -0.1) is 0 Å². The van der Waals surface area contributed by atoms with Gasteiger partial charge in [-0.05, 0) is 13.3 Å². The summed E-state index contributed by atoms with van der Waals surface area (Å²) in [6, 6.07) is 0.421. The Hall–Kier alpha value is -0.810. The number of rotatable bonds is 5. The standard InChI is InChI=1S/C13H27N3O2/c1-5-11(2)16-12(14-3)15-10-13(17-4)6-8-18-9-7-13/h11H,5-10H2,1-4H3,(H2,14,15,16). The molecule has 18 heavy (non-hydrogen) atoms. The molecule has 0 spiro atoms. The van der Waals surface area contributed by atoms with Crippen molar-refractivity contribution in [2.24, 2.45) is 4.99 Å². The predicted molar refractivity (Wildman–Crippen MR) is 74.0 cm³/mol. The number of ether oxygens (including phenoxy) is 2. The van der Waals surface area contributed by atoms with Crippen LogP contribution in [0, 0.1) is 0 Å². The first-order chi connectivity index (χ1) is 8.65. The Labute approximate surface area is 110 Å². The van der Waals surface area contributed by atoms with Crippen molar-refractivity contribution in [2.45, 2.75) is 44.8 Å². The molecule has 1 heterocycles. The van der Waals surface area contributed by atoms with Crippen molar-refractivity contribution in [1.82, 2.24) is 10.6 Å². The first kappa shape index (κ1) is 15.2. The largest absolute Gasteiger partial charge is 0.381 e. The van der Waals surface area contributed by atoms with Crippen LogP contribution in [0.5, 0.6) is 0 Å². The number of hydrogen-bond donors (Lipinski definition) is 2. The van der Waals surface area contributed by atoms with E-state index in [2.05, 4.69) is 29.5 Å². The third kappa shape index (κ3) is 4.46. The molecule has 2 N–H and O–H groups in total.